The topological polar surface area (TPSA) is 55.8 Å². The van der Waals surface area contributed by atoms with Gasteiger partial charge in [-0.15, -0.1) is 0 Å². The number of aliphatic hydroxyl groups is 1. The summed E-state index contributed by atoms with van der Waals surface area (Å²) in [6.07, 6.45) is 0.712. The van der Waals surface area contributed by atoms with Gasteiger partial charge in [0, 0.05) is 6.42 Å². The van der Waals surface area contributed by atoms with Gasteiger partial charge >= 0.3 is 5.97 Å². The Kier molecular flexibility index (Phi) is 6.18. The Hall–Kier alpha value is -1.88. The van der Waals surface area contributed by atoms with Gasteiger partial charge in [0.15, 0.2) is 11.6 Å². The van der Waals surface area contributed by atoms with Crippen molar-refractivity contribution < 1.29 is 23.8 Å². The number of allylic oxidation sites excluding steroid dienone is 1. The Labute approximate surface area is 117 Å². The number of carbonyl (C=O) groups is 1. The lowest BCUT2D eigenvalue weighted by Crippen LogP contribution is -2.07. The average molecular weight is 282 g/mol. The average Bonchev–Trinajstić information content (AvgIpc) is 2.33. The molecule has 0 aliphatic carbocycles. The summed E-state index contributed by atoms with van der Waals surface area (Å²) in [5, 5.41) is 9.30. The summed E-state index contributed by atoms with van der Waals surface area (Å²) in [5.41, 5.74) is 0.362. The third kappa shape index (κ3) is 5.01. The van der Waals surface area contributed by atoms with Gasteiger partial charge in [-0.3, -0.25) is 0 Å². The summed E-state index contributed by atoms with van der Waals surface area (Å²) in [7, 11) is 0. The van der Waals surface area contributed by atoms with Crippen LogP contribution < -0.4 is 4.74 Å². The van der Waals surface area contributed by atoms with Gasteiger partial charge in [-0.2, -0.15) is 0 Å². The van der Waals surface area contributed by atoms with Crippen LogP contribution in [0.2, 0.25) is 0 Å². The number of rotatable bonds is 6. The first kappa shape index (κ1) is 16.2. The van der Waals surface area contributed by atoms with Crippen molar-refractivity contribution in [3.8, 4) is 5.75 Å². The van der Waals surface area contributed by atoms with Crippen LogP contribution in [0.4, 0.5) is 4.39 Å². The Bertz CT molecular complexity index is 495. The maximum Gasteiger partial charge on any atom is 0.334 e. The van der Waals surface area contributed by atoms with E-state index in [9.17, 15) is 14.3 Å². The van der Waals surface area contributed by atoms with Crippen LogP contribution in [0.25, 0.3) is 0 Å². The quantitative estimate of drug-likeness (QED) is 0.495. The van der Waals surface area contributed by atoms with Gasteiger partial charge in [0.05, 0.1) is 18.8 Å². The molecular weight excluding hydrogens is 263 g/mol. The summed E-state index contributed by atoms with van der Waals surface area (Å²) >= 11 is 0. The molecule has 1 aromatic rings. The minimum atomic E-state index is -0.643. The van der Waals surface area contributed by atoms with Crippen LogP contribution in [-0.4, -0.2) is 23.8 Å². The smallest absolute Gasteiger partial charge is 0.334 e. The number of hydrogen-bond donors (Lipinski definition) is 1. The van der Waals surface area contributed by atoms with Crippen molar-refractivity contribution in [2.45, 2.75) is 33.3 Å². The standard InChI is InChI=1S/C15H19FO4/c1-4-19-14(18)9-11(3)20-13-7-5-6-12(15(13)16)8-10(2)17/h5-7,9-10,17H,4,8H2,1-3H3/b11-9-. The van der Waals surface area contributed by atoms with Gasteiger partial charge < -0.3 is 14.6 Å². The van der Waals surface area contributed by atoms with Crippen molar-refractivity contribution >= 4 is 5.97 Å². The Morgan fingerprint density at radius 3 is 2.80 bits per heavy atom. The maximum absolute atomic E-state index is 14.1. The first-order valence-electron chi connectivity index (χ1n) is 6.42. The molecule has 1 rings (SSSR count). The van der Waals surface area contributed by atoms with Crippen LogP contribution >= 0.6 is 0 Å². The fourth-order valence-electron chi connectivity index (χ4n) is 1.66. The molecule has 0 fully saturated rings. The lowest BCUT2D eigenvalue weighted by atomic mass is 10.1. The number of aliphatic hydroxyl groups excluding tert-OH is 1. The Morgan fingerprint density at radius 2 is 2.20 bits per heavy atom. The lowest BCUT2D eigenvalue weighted by molar-refractivity contribution is -0.137. The van der Waals surface area contributed by atoms with E-state index in [1.807, 2.05) is 0 Å². The van der Waals surface area contributed by atoms with Crippen LogP contribution in [-0.2, 0) is 16.0 Å². The third-order valence-electron chi connectivity index (χ3n) is 2.44. The highest BCUT2D eigenvalue weighted by Crippen LogP contribution is 2.23. The molecule has 4 nitrogen and oxygen atoms in total. The van der Waals surface area contributed by atoms with E-state index >= 15 is 0 Å². The first-order valence-corrected chi connectivity index (χ1v) is 6.42. The van der Waals surface area contributed by atoms with E-state index in [2.05, 4.69) is 0 Å². The SMILES string of the molecule is CCOC(=O)/C=C(/C)Oc1cccc(CC(C)O)c1F. The van der Waals surface area contributed by atoms with Crippen molar-refractivity contribution in [1.82, 2.24) is 0 Å². The van der Waals surface area contributed by atoms with Crippen molar-refractivity contribution in [3.63, 3.8) is 0 Å². The first-order chi connectivity index (χ1) is 9.43. The summed E-state index contributed by atoms with van der Waals surface area (Å²) in [6, 6.07) is 4.68. The van der Waals surface area contributed by atoms with Crippen LogP contribution in [0.5, 0.6) is 5.75 Å². The van der Waals surface area contributed by atoms with Crippen LogP contribution in [0, 0.1) is 5.82 Å². The second kappa shape index (κ2) is 7.65. The summed E-state index contributed by atoms with van der Waals surface area (Å²) < 4.78 is 24.1. The molecule has 0 spiro atoms. The molecule has 1 N–H and O–H groups in total. The number of carbonyl (C=O) groups excluding carboxylic acids is 1. The van der Waals surface area contributed by atoms with Gasteiger partial charge in [-0.25, -0.2) is 9.18 Å². The second-order valence-corrected chi connectivity index (χ2v) is 4.39. The van der Waals surface area contributed by atoms with Gasteiger partial charge in [-0.1, -0.05) is 12.1 Å². The third-order valence-corrected chi connectivity index (χ3v) is 2.44. The van der Waals surface area contributed by atoms with Crippen molar-refractivity contribution in [3.05, 3.63) is 41.4 Å². The molecule has 5 heteroatoms. The molecule has 1 unspecified atom stereocenters. The molecule has 0 saturated carbocycles. The van der Waals surface area contributed by atoms with E-state index in [1.165, 1.54) is 13.0 Å². The van der Waals surface area contributed by atoms with E-state index in [0.29, 0.717) is 5.56 Å². The number of hydrogen-bond acceptors (Lipinski definition) is 4. The predicted octanol–water partition coefficient (Wildman–Crippen LogP) is 2.59. The van der Waals surface area contributed by atoms with E-state index < -0.39 is 17.9 Å². The Balaban J connectivity index is 2.85. The Morgan fingerprint density at radius 1 is 1.50 bits per heavy atom. The van der Waals surface area contributed by atoms with Gasteiger partial charge in [0.25, 0.3) is 0 Å². The highest BCUT2D eigenvalue weighted by atomic mass is 19.1. The lowest BCUT2D eigenvalue weighted by Gasteiger charge is -2.11. The molecule has 0 bridgehead atoms. The van der Waals surface area contributed by atoms with Crippen molar-refractivity contribution in [1.29, 1.82) is 0 Å². The van der Waals surface area contributed by atoms with Crippen LogP contribution in [0.3, 0.4) is 0 Å². The molecule has 0 amide bonds. The van der Waals surface area contributed by atoms with Crippen LogP contribution in [0.1, 0.15) is 26.3 Å². The monoisotopic (exact) mass is 282 g/mol. The molecule has 1 atom stereocenters. The number of ether oxygens (including phenoxy) is 2. The number of halogens is 1. The van der Waals surface area contributed by atoms with Gasteiger partial charge in [0.2, 0.25) is 0 Å². The normalized spacial score (nSPS) is 12.9. The zero-order chi connectivity index (χ0) is 15.1. The molecule has 0 aliphatic heterocycles. The largest absolute Gasteiger partial charge is 0.463 e. The molecule has 0 saturated heterocycles. The highest BCUT2D eigenvalue weighted by molar-refractivity contribution is 5.82. The predicted molar refractivity (Wildman–Crippen MR) is 72.8 cm³/mol. The summed E-state index contributed by atoms with van der Waals surface area (Å²) in [6.45, 7) is 5.08. The number of esters is 1. The van der Waals surface area contributed by atoms with E-state index in [1.54, 1.807) is 26.0 Å². The second-order valence-electron chi connectivity index (χ2n) is 4.39. The fraction of sp³-hybridized carbons (Fsp3) is 0.400. The molecule has 20 heavy (non-hydrogen) atoms. The molecule has 0 aromatic heterocycles. The van der Waals surface area contributed by atoms with Crippen molar-refractivity contribution in [2.75, 3.05) is 6.61 Å². The summed E-state index contributed by atoms with van der Waals surface area (Å²) in [4.78, 5) is 11.2. The zero-order valence-corrected chi connectivity index (χ0v) is 11.9. The molecule has 1 aromatic carbocycles. The molecule has 0 aliphatic rings. The molecule has 0 heterocycles. The van der Waals surface area contributed by atoms with E-state index in [-0.39, 0.29) is 24.5 Å². The molecular formula is C15H19FO4. The highest BCUT2D eigenvalue weighted by Gasteiger charge is 2.12. The fourth-order valence-corrected chi connectivity index (χ4v) is 1.66. The van der Waals surface area contributed by atoms with Crippen LogP contribution in [0.15, 0.2) is 30.0 Å². The number of benzene rings is 1. The van der Waals surface area contributed by atoms with E-state index in [0.717, 1.165) is 6.08 Å². The zero-order valence-electron chi connectivity index (χ0n) is 11.9. The summed E-state index contributed by atoms with van der Waals surface area (Å²) in [5.74, 6) is -0.826. The molecule has 0 radical (unpaired) electrons. The van der Waals surface area contributed by atoms with E-state index in [4.69, 9.17) is 9.47 Å². The molecule has 110 valence electrons. The maximum atomic E-state index is 14.1. The van der Waals surface area contributed by atoms with Gasteiger partial charge in [-0.05, 0) is 32.4 Å². The van der Waals surface area contributed by atoms with Gasteiger partial charge in [0.1, 0.15) is 5.76 Å². The minimum absolute atomic E-state index is 0.0150. The van der Waals surface area contributed by atoms with Crippen molar-refractivity contribution in [2.24, 2.45) is 0 Å². The minimum Gasteiger partial charge on any atom is -0.463 e.